The third kappa shape index (κ3) is 3.67. The average Bonchev–Trinajstić information content (AvgIpc) is 2.35. The SMILES string of the molecule is CCCN(CC)CC(C#N)c1ccccc1. The zero-order valence-corrected chi connectivity index (χ0v) is 10.2. The van der Waals surface area contributed by atoms with E-state index < -0.39 is 0 Å². The van der Waals surface area contributed by atoms with Gasteiger partial charge in [0, 0.05) is 6.54 Å². The molecule has 0 amide bonds. The molecule has 0 aliphatic rings. The lowest BCUT2D eigenvalue weighted by molar-refractivity contribution is 0.283. The fourth-order valence-electron chi connectivity index (χ4n) is 1.86. The summed E-state index contributed by atoms with van der Waals surface area (Å²) < 4.78 is 0. The number of benzene rings is 1. The molecule has 1 atom stereocenters. The lowest BCUT2D eigenvalue weighted by atomic mass is 10.00. The summed E-state index contributed by atoms with van der Waals surface area (Å²) in [5.74, 6) is -0.00676. The highest BCUT2D eigenvalue weighted by molar-refractivity contribution is 5.25. The van der Waals surface area contributed by atoms with Crippen LogP contribution in [0.4, 0.5) is 0 Å². The lowest BCUT2D eigenvalue weighted by Crippen LogP contribution is -2.28. The van der Waals surface area contributed by atoms with Crippen LogP contribution in [0.3, 0.4) is 0 Å². The normalized spacial score (nSPS) is 12.4. The first-order chi connectivity index (χ1) is 7.81. The van der Waals surface area contributed by atoms with Gasteiger partial charge in [0.1, 0.15) is 0 Å². The van der Waals surface area contributed by atoms with E-state index in [1.54, 1.807) is 0 Å². The van der Waals surface area contributed by atoms with E-state index in [1.807, 2.05) is 30.3 Å². The Bertz CT molecular complexity index is 326. The summed E-state index contributed by atoms with van der Waals surface area (Å²) in [5, 5.41) is 9.22. The minimum Gasteiger partial charge on any atom is -0.302 e. The van der Waals surface area contributed by atoms with Crippen molar-refractivity contribution in [3.05, 3.63) is 35.9 Å². The second-order valence-electron chi connectivity index (χ2n) is 3.99. The zero-order valence-electron chi connectivity index (χ0n) is 10.2. The van der Waals surface area contributed by atoms with Crippen LogP contribution in [-0.4, -0.2) is 24.5 Å². The summed E-state index contributed by atoms with van der Waals surface area (Å²) in [5.41, 5.74) is 1.12. The Morgan fingerprint density at radius 3 is 2.44 bits per heavy atom. The van der Waals surface area contributed by atoms with E-state index in [0.29, 0.717) is 0 Å². The summed E-state index contributed by atoms with van der Waals surface area (Å²) in [6, 6.07) is 12.4. The van der Waals surface area contributed by atoms with Crippen molar-refractivity contribution in [2.24, 2.45) is 0 Å². The van der Waals surface area contributed by atoms with Crippen molar-refractivity contribution < 1.29 is 0 Å². The first-order valence-corrected chi connectivity index (χ1v) is 5.98. The molecule has 0 spiro atoms. The molecule has 2 heteroatoms. The summed E-state index contributed by atoms with van der Waals surface area (Å²) >= 11 is 0. The van der Waals surface area contributed by atoms with E-state index in [1.165, 1.54) is 0 Å². The number of hydrogen-bond donors (Lipinski definition) is 0. The minimum atomic E-state index is -0.00676. The summed E-state index contributed by atoms with van der Waals surface area (Å²) in [6.45, 7) is 7.24. The van der Waals surface area contributed by atoms with E-state index in [-0.39, 0.29) is 5.92 Å². The van der Waals surface area contributed by atoms with Crippen LogP contribution in [0, 0.1) is 11.3 Å². The maximum Gasteiger partial charge on any atom is 0.0839 e. The molecule has 0 aromatic heterocycles. The monoisotopic (exact) mass is 216 g/mol. The van der Waals surface area contributed by atoms with Gasteiger partial charge in [0.15, 0.2) is 0 Å². The van der Waals surface area contributed by atoms with Crippen molar-refractivity contribution in [1.29, 1.82) is 5.26 Å². The van der Waals surface area contributed by atoms with Gasteiger partial charge in [-0.1, -0.05) is 44.2 Å². The van der Waals surface area contributed by atoms with Crippen molar-refractivity contribution in [2.45, 2.75) is 26.2 Å². The maximum atomic E-state index is 9.22. The molecule has 16 heavy (non-hydrogen) atoms. The van der Waals surface area contributed by atoms with Crippen LogP contribution >= 0.6 is 0 Å². The second-order valence-corrected chi connectivity index (χ2v) is 3.99. The maximum absolute atomic E-state index is 9.22. The molecule has 0 fully saturated rings. The molecular weight excluding hydrogens is 196 g/mol. The molecule has 1 rings (SSSR count). The quantitative estimate of drug-likeness (QED) is 0.731. The smallest absolute Gasteiger partial charge is 0.0839 e. The summed E-state index contributed by atoms with van der Waals surface area (Å²) in [6.07, 6.45) is 1.14. The van der Waals surface area contributed by atoms with Crippen molar-refractivity contribution in [2.75, 3.05) is 19.6 Å². The van der Waals surface area contributed by atoms with Crippen LogP contribution in [0.25, 0.3) is 0 Å². The standard InChI is InChI=1S/C14H20N2/c1-3-10-16(4-2)12-14(11-15)13-8-6-5-7-9-13/h5-9,14H,3-4,10,12H2,1-2H3. The predicted molar refractivity (Wildman–Crippen MR) is 67.2 cm³/mol. The third-order valence-electron chi connectivity index (χ3n) is 2.79. The van der Waals surface area contributed by atoms with Crippen LogP contribution in [0.5, 0.6) is 0 Å². The van der Waals surface area contributed by atoms with E-state index in [2.05, 4.69) is 24.8 Å². The molecule has 86 valence electrons. The number of rotatable bonds is 6. The van der Waals surface area contributed by atoms with Crippen molar-refractivity contribution in [3.63, 3.8) is 0 Å². The number of likely N-dealkylation sites (N-methyl/N-ethyl adjacent to an activating group) is 1. The van der Waals surface area contributed by atoms with Gasteiger partial charge in [0.2, 0.25) is 0 Å². The third-order valence-corrected chi connectivity index (χ3v) is 2.79. The van der Waals surface area contributed by atoms with Gasteiger partial charge in [-0.2, -0.15) is 5.26 Å². The van der Waals surface area contributed by atoms with Crippen LogP contribution in [0.1, 0.15) is 31.7 Å². The Balaban J connectivity index is 2.66. The molecular formula is C14H20N2. The molecule has 0 aliphatic carbocycles. The number of hydrogen-bond acceptors (Lipinski definition) is 2. The van der Waals surface area contributed by atoms with Gasteiger partial charge in [-0.25, -0.2) is 0 Å². The Morgan fingerprint density at radius 2 is 1.94 bits per heavy atom. The van der Waals surface area contributed by atoms with Gasteiger partial charge in [0.25, 0.3) is 0 Å². The van der Waals surface area contributed by atoms with E-state index in [9.17, 15) is 5.26 Å². The molecule has 0 N–H and O–H groups in total. The fourth-order valence-corrected chi connectivity index (χ4v) is 1.86. The Hall–Kier alpha value is -1.33. The highest BCUT2D eigenvalue weighted by Gasteiger charge is 2.13. The zero-order chi connectivity index (χ0) is 11.8. The topological polar surface area (TPSA) is 27.0 Å². The minimum absolute atomic E-state index is 0.00676. The molecule has 0 saturated heterocycles. The molecule has 1 aromatic carbocycles. The highest BCUT2D eigenvalue weighted by atomic mass is 15.1. The lowest BCUT2D eigenvalue weighted by Gasteiger charge is -2.22. The van der Waals surface area contributed by atoms with Gasteiger partial charge in [-0.05, 0) is 25.1 Å². The molecule has 0 saturated carbocycles. The van der Waals surface area contributed by atoms with E-state index in [4.69, 9.17) is 0 Å². The largest absolute Gasteiger partial charge is 0.302 e. The predicted octanol–water partition coefficient (Wildman–Crippen LogP) is 3.03. The molecule has 1 unspecified atom stereocenters. The molecule has 0 bridgehead atoms. The summed E-state index contributed by atoms with van der Waals surface area (Å²) in [7, 11) is 0. The second kappa shape index (κ2) is 7.03. The van der Waals surface area contributed by atoms with Crippen LogP contribution in [0.2, 0.25) is 0 Å². The van der Waals surface area contributed by atoms with E-state index >= 15 is 0 Å². The molecule has 2 nitrogen and oxygen atoms in total. The molecule has 0 heterocycles. The van der Waals surface area contributed by atoms with Gasteiger partial charge < -0.3 is 4.90 Å². The first-order valence-electron chi connectivity index (χ1n) is 5.98. The molecule has 0 aliphatic heterocycles. The molecule has 0 radical (unpaired) electrons. The van der Waals surface area contributed by atoms with Gasteiger partial charge in [0.05, 0.1) is 12.0 Å². The fraction of sp³-hybridized carbons (Fsp3) is 0.500. The number of nitrogens with zero attached hydrogens (tertiary/aromatic N) is 2. The van der Waals surface area contributed by atoms with E-state index in [0.717, 1.165) is 31.6 Å². The summed E-state index contributed by atoms with van der Waals surface area (Å²) in [4.78, 5) is 2.33. The first kappa shape index (κ1) is 12.7. The van der Waals surface area contributed by atoms with Crippen LogP contribution < -0.4 is 0 Å². The Labute approximate surface area is 98.5 Å². The van der Waals surface area contributed by atoms with Crippen molar-refractivity contribution in [1.82, 2.24) is 4.90 Å². The number of nitriles is 1. The molecule has 1 aromatic rings. The Kier molecular flexibility index (Phi) is 5.60. The van der Waals surface area contributed by atoms with Crippen LogP contribution in [-0.2, 0) is 0 Å². The van der Waals surface area contributed by atoms with Crippen molar-refractivity contribution >= 4 is 0 Å². The highest BCUT2D eigenvalue weighted by Crippen LogP contribution is 2.15. The average molecular weight is 216 g/mol. The van der Waals surface area contributed by atoms with Crippen molar-refractivity contribution in [3.8, 4) is 6.07 Å². The van der Waals surface area contributed by atoms with Gasteiger partial charge in [-0.15, -0.1) is 0 Å². The van der Waals surface area contributed by atoms with Gasteiger partial charge in [-0.3, -0.25) is 0 Å². The van der Waals surface area contributed by atoms with Crippen LogP contribution in [0.15, 0.2) is 30.3 Å². The van der Waals surface area contributed by atoms with Gasteiger partial charge >= 0.3 is 0 Å². The Morgan fingerprint density at radius 1 is 1.25 bits per heavy atom.